The molecule has 0 bridgehead atoms. The third-order valence-corrected chi connectivity index (χ3v) is 2.05. The molecule has 1 aromatic rings. The summed E-state index contributed by atoms with van der Waals surface area (Å²) in [6.45, 7) is 8.96. The van der Waals surface area contributed by atoms with Gasteiger partial charge in [-0.1, -0.05) is 13.8 Å². The van der Waals surface area contributed by atoms with Crippen LogP contribution >= 0.6 is 0 Å². The second-order valence-electron chi connectivity index (χ2n) is 5.36. The Morgan fingerprint density at radius 1 is 1.31 bits per heavy atom. The van der Waals surface area contributed by atoms with Crippen molar-refractivity contribution in [1.29, 1.82) is 0 Å². The second-order valence-corrected chi connectivity index (χ2v) is 5.36. The van der Waals surface area contributed by atoms with Crippen molar-refractivity contribution in [3.05, 3.63) is 18.0 Å². The van der Waals surface area contributed by atoms with Crippen molar-refractivity contribution in [1.82, 2.24) is 9.97 Å². The third kappa shape index (κ3) is 5.07. The summed E-state index contributed by atoms with van der Waals surface area (Å²) in [6, 6.07) is 0. The predicted octanol–water partition coefficient (Wildman–Crippen LogP) is 1.82. The van der Waals surface area contributed by atoms with E-state index >= 15 is 0 Å². The van der Waals surface area contributed by atoms with Crippen LogP contribution in [0.1, 0.15) is 33.3 Å². The standard InChI is InChI=1S/C12H22N4/c1-9(2)5-10-6-14-11(15-7-10)16-8-12(3,4)13/h6-7,9H,5,8,13H2,1-4H3,(H,14,15,16). The summed E-state index contributed by atoms with van der Waals surface area (Å²) in [7, 11) is 0. The van der Waals surface area contributed by atoms with Crippen LogP contribution in [0.3, 0.4) is 0 Å². The van der Waals surface area contributed by atoms with Gasteiger partial charge in [-0.05, 0) is 31.7 Å². The Bertz CT molecular complexity index is 311. The summed E-state index contributed by atoms with van der Waals surface area (Å²) in [5, 5.41) is 3.12. The quantitative estimate of drug-likeness (QED) is 0.797. The van der Waals surface area contributed by atoms with Gasteiger partial charge in [-0.25, -0.2) is 9.97 Å². The van der Waals surface area contributed by atoms with Gasteiger partial charge in [0.15, 0.2) is 0 Å². The monoisotopic (exact) mass is 222 g/mol. The molecule has 0 unspecified atom stereocenters. The fraction of sp³-hybridized carbons (Fsp3) is 0.667. The molecule has 3 N–H and O–H groups in total. The SMILES string of the molecule is CC(C)Cc1cnc(NCC(C)(C)N)nc1. The molecule has 16 heavy (non-hydrogen) atoms. The Kier molecular flexibility index (Phi) is 4.24. The average Bonchev–Trinajstić information content (AvgIpc) is 2.14. The van der Waals surface area contributed by atoms with E-state index in [-0.39, 0.29) is 5.54 Å². The highest BCUT2D eigenvalue weighted by atomic mass is 15.1. The van der Waals surface area contributed by atoms with Gasteiger partial charge < -0.3 is 11.1 Å². The number of hydrogen-bond donors (Lipinski definition) is 2. The van der Waals surface area contributed by atoms with Gasteiger partial charge in [0.1, 0.15) is 0 Å². The van der Waals surface area contributed by atoms with E-state index in [0.717, 1.165) is 6.42 Å². The summed E-state index contributed by atoms with van der Waals surface area (Å²) in [5.41, 5.74) is 6.78. The first kappa shape index (κ1) is 12.9. The normalized spacial score (nSPS) is 11.9. The van der Waals surface area contributed by atoms with Crippen LogP contribution in [0.4, 0.5) is 5.95 Å². The molecule has 0 amide bonds. The summed E-state index contributed by atoms with van der Waals surface area (Å²) >= 11 is 0. The molecule has 1 heterocycles. The molecular weight excluding hydrogens is 200 g/mol. The summed E-state index contributed by atoms with van der Waals surface area (Å²) in [4.78, 5) is 8.51. The molecule has 0 aliphatic heterocycles. The van der Waals surface area contributed by atoms with Gasteiger partial charge in [0.2, 0.25) is 5.95 Å². The van der Waals surface area contributed by atoms with Crippen molar-refractivity contribution < 1.29 is 0 Å². The molecule has 0 saturated heterocycles. The van der Waals surface area contributed by atoms with Crippen molar-refractivity contribution in [2.75, 3.05) is 11.9 Å². The lowest BCUT2D eigenvalue weighted by Crippen LogP contribution is -2.39. The van der Waals surface area contributed by atoms with E-state index in [1.54, 1.807) is 0 Å². The largest absolute Gasteiger partial charge is 0.352 e. The first-order valence-electron chi connectivity index (χ1n) is 5.70. The van der Waals surface area contributed by atoms with Crippen LogP contribution in [0, 0.1) is 5.92 Å². The molecule has 4 nitrogen and oxygen atoms in total. The topological polar surface area (TPSA) is 63.8 Å². The molecule has 0 saturated carbocycles. The Balaban J connectivity index is 2.51. The lowest BCUT2D eigenvalue weighted by molar-refractivity contribution is 0.547. The van der Waals surface area contributed by atoms with E-state index in [4.69, 9.17) is 5.73 Å². The highest BCUT2D eigenvalue weighted by Crippen LogP contribution is 2.07. The maximum absolute atomic E-state index is 5.86. The van der Waals surface area contributed by atoms with Crippen LogP contribution in [0.15, 0.2) is 12.4 Å². The Hall–Kier alpha value is -1.16. The fourth-order valence-corrected chi connectivity index (χ4v) is 1.33. The zero-order valence-electron chi connectivity index (χ0n) is 10.6. The van der Waals surface area contributed by atoms with Crippen LogP contribution in [-0.2, 0) is 6.42 Å². The van der Waals surface area contributed by atoms with E-state index in [1.807, 2.05) is 26.2 Å². The van der Waals surface area contributed by atoms with Gasteiger partial charge in [-0.2, -0.15) is 0 Å². The lowest BCUT2D eigenvalue weighted by atomic mass is 10.1. The van der Waals surface area contributed by atoms with Crippen LogP contribution in [0.5, 0.6) is 0 Å². The Morgan fingerprint density at radius 3 is 2.31 bits per heavy atom. The third-order valence-electron chi connectivity index (χ3n) is 2.05. The van der Waals surface area contributed by atoms with Crippen LogP contribution in [0.2, 0.25) is 0 Å². The zero-order valence-corrected chi connectivity index (χ0v) is 10.6. The highest BCUT2D eigenvalue weighted by Gasteiger charge is 2.10. The van der Waals surface area contributed by atoms with Gasteiger partial charge >= 0.3 is 0 Å². The minimum absolute atomic E-state index is 0.250. The number of nitrogens with one attached hydrogen (secondary N) is 1. The first-order chi connectivity index (χ1) is 7.37. The molecule has 0 aliphatic rings. The number of hydrogen-bond acceptors (Lipinski definition) is 4. The van der Waals surface area contributed by atoms with Crippen LogP contribution < -0.4 is 11.1 Å². The highest BCUT2D eigenvalue weighted by molar-refractivity contribution is 5.25. The lowest BCUT2D eigenvalue weighted by Gasteiger charge is -2.18. The first-order valence-corrected chi connectivity index (χ1v) is 5.70. The Morgan fingerprint density at radius 2 is 1.88 bits per heavy atom. The van der Waals surface area contributed by atoms with Crippen molar-refractivity contribution >= 4 is 5.95 Å². The van der Waals surface area contributed by atoms with E-state index in [1.165, 1.54) is 5.56 Å². The van der Waals surface area contributed by atoms with E-state index in [0.29, 0.717) is 18.4 Å². The number of aromatic nitrogens is 2. The maximum Gasteiger partial charge on any atom is 0.222 e. The second kappa shape index (κ2) is 5.25. The number of anilines is 1. The molecule has 4 heteroatoms. The van der Waals surface area contributed by atoms with E-state index in [9.17, 15) is 0 Å². The molecule has 0 aromatic carbocycles. The molecule has 90 valence electrons. The minimum atomic E-state index is -0.250. The van der Waals surface area contributed by atoms with Crippen LogP contribution in [-0.4, -0.2) is 22.1 Å². The number of nitrogens with two attached hydrogens (primary N) is 1. The molecule has 1 rings (SSSR count). The van der Waals surface area contributed by atoms with Gasteiger partial charge in [0.05, 0.1) is 0 Å². The molecule has 0 aliphatic carbocycles. The minimum Gasteiger partial charge on any atom is -0.352 e. The summed E-state index contributed by atoms with van der Waals surface area (Å²) in [6.07, 6.45) is 4.76. The van der Waals surface area contributed by atoms with E-state index < -0.39 is 0 Å². The van der Waals surface area contributed by atoms with Crippen molar-refractivity contribution in [3.63, 3.8) is 0 Å². The number of nitrogens with zero attached hydrogens (tertiary/aromatic N) is 2. The average molecular weight is 222 g/mol. The Labute approximate surface area is 97.7 Å². The van der Waals surface area contributed by atoms with Crippen molar-refractivity contribution in [3.8, 4) is 0 Å². The fourth-order valence-electron chi connectivity index (χ4n) is 1.33. The van der Waals surface area contributed by atoms with Crippen molar-refractivity contribution in [2.24, 2.45) is 11.7 Å². The smallest absolute Gasteiger partial charge is 0.222 e. The maximum atomic E-state index is 5.86. The molecule has 0 spiro atoms. The number of rotatable bonds is 5. The molecule has 1 aromatic heterocycles. The predicted molar refractivity (Wildman–Crippen MR) is 67.3 cm³/mol. The molecule has 0 radical (unpaired) electrons. The summed E-state index contributed by atoms with van der Waals surface area (Å²) < 4.78 is 0. The molecule has 0 fully saturated rings. The zero-order chi connectivity index (χ0) is 12.2. The van der Waals surface area contributed by atoms with Gasteiger partial charge in [0.25, 0.3) is 0 Å². The van der Waals surface area contributed by atoms with Gasteiger partial charge in [-0.15, -0.1) is 0 Å². The van der Waals surface area contributed by atoms with Crippen LogP contribution in [0.25, 0.3) is 0 Å². The summed E-state index contributed by atoms with van der Waals surface area (Å²) in [5.74, 6) is 1.27. The van der Waals surface area contributed by atoms with Crippen molar-refractivity contribution in [2.45, 2.75) is 39.7 Å². The molecular formula is C12H22N4. The van der Waals surface area contributed by atoms with E-state index in [2.05, 4.69) is 29.1 Å². The van der Waals surface area contributed by atoms with Gasteiger partial charge in [0, 0.05) is 24.5 Å². The van der Waals surface area contributed by atoms with Gasteiger partial charge in [-0.3, -0.25) is 0 Å². The molecule has 0 atom stereocenters.